The Balaban J connectivity index is 1.65. The molecule has 0 spiro atoms. The summed E-state index contributed by atoms with van der Waals surface area (Å²) in [4.78, 5) is 16.8. The van der Waals surface area contributed by atoms with Crippen LogP contribution in [-0.4, -0.2) is 37.8 Å². The first-order chi connectivity index (χ1) is 13.5. The number of pyridine rings is 1. The molecular formula is C20H18ClN3O3S. The van der Waals surface area contributed by atoms with Crippen molar-refractivity contribution in [3.05, 3.63) is 77.7 Å². The summed E-state index contributed by atoms with van der Waals surface area (Å²) in [6, 6.07) is 13.8. The third kappa shape index (κ3) is 4.95. The number of sulfonamides is 1. The number of nitrogens with zero attached hydrogens (tertiary/aromatic N) is 2. The lowest BCUT2D eigenvalue weighted by molar-refractivity contribution is -0.115. The lowest BCUT2D eigenvalue weighted by Gasteiger charge is -2.14. The minimum atomic E-state index is -3.72. The Morgan fingerprint density at radius 1 is 1.11 bits per heavy atom. The molecule has 3 aromatic rings. The van der Waals surface area contributed by atoms with Gasteiger partial charge in [-0.25, -0.2) is 13.1 Å². The number of hydrogen-bond donors (Lipinski definition) is 1. The predicted molar refractivity (Wildman–Crippen MR) is 110 cm³/mol. The summed E-state index contributed by atoms with van der Waals surface area (Å²) in [5.41, 5.74) is 0.876. The van der Waals surface area contributed by atoms with E-state index in [9.17, 15) is 13.2 Å². The number of amides is 1. The number of hydrogen-bond acceptors (Lipinski definition) is 4. The highest BCUT2D eigenvalue weighted by atomic mass is 35.5. The van der Waals surface area contributed by atoms with Gasteiger partial charge in [0.25, 0.3) is 0 Å². The van der Waals surface area contributed by atoms with Crippen LogP contribution in [0.2, 0.25) is 5.02 Å². The number of carbonyl (C=O) groups excluding carboxylic acids is 1. The molecule has 0 bridgehead atoms. The number of aromatic nitrogens is 1. The summed E-state index contributed by atoms with van der Waals surface area (Å²) >= 11 is 5.84. The second kappa shape index (κ2) is 8.97. The molecule has 1 heterocycles. The quantitative estimate of drug-likeness (QED) is 0.572. The van der Waals surface area contributed by atoms with Gasteiger partial charge in [-0.05, 0) is 35.9 Å². The summed E-state index contributed by atoms with van der Waals surface area (Å²) in [5, 5.41) is 1.97. The van der Waals surface area contributed by atoms with Gasteiger partial charge in [-0.2, -0.15) is 0 Å². The van der Waals surface area contributed by atoms with Gasteiger partial charge in [-0.15, -0.1) is 0 Å². The summed E-state index contributed by atoms with van der Waals surface area (Å²) in [6.07, 6.45) is 7.15. The van der Waals surface area contributed by atoms with Crippen molar-refractivity contribution >= 4 is 44.9 Å². The van der Waals surface area contributed by atoms with E-state index in [0.29, 0.717) is 16.8 Å². The van der Waals surface area contributed by atoms with Crippen molar-refractivity contribution in [2.45, 2.75) is 4.90 Å². The van der Waals surface area contributed by atoms with Crippen molar-refractivity contribution in [1.82, 2.24) is 14.6 Å². The molecule has 1 aromatic heterocycles. The Kier molecular flexibility index (Phi) is 6.41. The smallest absolute Gasteiger partial charge is 0.241 e. The molecule has 0 aliphatic carbocycles. The summed E-state index contributed by atoms with van der Waals surface area (Å²) in [6.45, 7) is 0.270. The van der Waals surface area contributed by atoms with E-state index in [1.54, 1.807) is 61.1 Å². The molecule has 0 aliphatic rings. The van der Waals surface area contributed by atoms with Crippen LogP contribution in [-0.2, 0) is 14.8 Å². The van der Waals surface area contributed by atoms with Crippen molar-refractivity contribution in [3.63, 3.8) is 0 Å². The van der Waals surface area contributed by atoms with Crippen molar-refractivity contribution in [3.8, 4) is 0 Å². The standard InChI is InChI=1S/C20H18ClN3O3S/c21-18-6-4-16(5-7-18)9-12-24(15-25)13-11-23-28(26,27)20-3-1-2-17-14-22-10-8-19(17)20/h1-10,12,14-15,23H,11,13H2/b12-9+. The highest BCUT2D eigenvalue weighted by molar-refractivity contribution is 7.89. The van der Waals surface area contributed by atoms with Crippen LogP contribution in [0.1, 0.15) is 5.56 Å². The van der Waals surface area contributed by atoms with Gasteiger partial charge in [0.1, 0.15) is 0 Å². The summed E-state index contributed by atoms with van der Waals surface area (Å²) in [7, 11) is -3.72. The highest BCUT2D eigenvalue weighted by Gasteiger charge is 2.16. The molecule has 0 radical (unpaired) electrons. The second-order valence-corrected chi connectivity index (χ2v) is 8.13. The predicted octanol–water partition coefficient (Wildman–Crippen LogP) is 3.30. The van der Waals surface area contributed by atoms with Gasteiger partial charge in [0.2, 0.25) is 16.4 Å². The molecule has 0 aliphatic heterocycles. The first-order valence-corrected chi connectivity index (χ1v) is 10.3. The SMILES string of the molecule is O=CN(/C=C/c1ccc(Cl)cc1)CCNS(=O)(=O)c1cccc2cnccc12. The molecule has 1 N–H and O–H groups in total. The van der Waals surface area contributed by atoms with Crippen LogP contribution in [0, 0.1) is 0 Å². The number of rotatable bonds is 8. The molecule has 0 fully saturated rings. The van der Waals surface area contributed by atoms with Crippen LogP contribution in [0.4, 0.5) is 0 Å². The number of nitrogens with one attached hydrogen (secondary N) is 1. The van der Waals surface area contributed by atoms with E-state index in [2.05, 4.69) is 9.71 Å². The van der Waals surface area contributed by atoms with E-state index in [0.717, 1.165) is 10.9 Å². The zero-order valence-electron chi connectivity index (χ0n) is 14.8. The minimum Gasteiger partial charge on any atom is -0.320 e. The molecular weight excluding hydrogens is 398 g/mol. The highest BCUT2D eigenvalue weighted by Crippen LogP contribution is 2.21. The Hall–Kier alpha value is -2.74. The number of fused-ring (bicyclic) bond motifs is 1. The molecule has 28 heavy (non-hydrogen) atoms. The molecule has 0 saturated heterocycles. The fourth-order valence-electron chi connectivity index (χ4n) is 2.63. The Labute approximate surface area is 168 Å². The molecule has 1 amide bonds. The average molecular weight is 416 g/mol. The third-order valence-electron chi connectivity index (χ3n) is 4.06. The molecule has 6 nitrogen and oxygen atoms in total. The Morgan fingerprint density at radius 3 is 2.64 bits per heavy atom. The van der Waals surface area contributed by atoms with Gasteiger partial charge in [0.05, 0.1) is 4.90 Å². The molecule has 2 aromatic carbocycles. The monoisotopic (exact) mass is 415 g/mol. The third-order valence-corrected chi connectivity index (χ3v) is 5.83. The first kappa shape index (κ1) is 20.0. The average Bonchev–Trinajstić information content (AvgIpc) is 2.71. The summed E-state index contributed by atoms with van der Waals surface area (Å²) in [5.74, 6) is 0. The maximum atomic E-state index is 12.7. The molecule has 0 unspecified atom stereocenters. The Morgan fingerprint density at radius 2 is 1.89 bits per heavy atom. The number of halogens is 1. The number of benzene rings is 2. The minimum absolute atomic E-state index is 0.0769. The van der Waals surface area contributed by atoms with E-state index in [-0.39, 0.29) is 18.0 Å². The maximum absolute atomic E-state index is 12.7. The van der Waals surface area contributed by atoms with E-state index in [1.807, 2.05) is 12.1 Å². The fourth-order valence-corrected chi connectivity index (χ4v) is 4.01. The van der Waals surface area contributed by atoms with Crippen LogP contribution in [0.5, 0.6) is 0 Å². The van der Waals surface area contributed by atoms with Gasteiger partial charge in [-0.1, -0.05) is 35.9 Å². The zero-order chi connectivity index (χ0) is 20.0. The topological polar surface area (TPSA) is 79.4 Å². The van der Waals surface area contributed by atoms with E-state index < -0.39 is 10.0 Å². The zero-order valence-corrected chi connectivity index (χ0v) is 16.4. The maximum Gasteiger partial charge on any atom is 0.241 e. The van der Waals surface area contributed by atoms with Gasteiger partial charge in [0.15, 0.2) is 0 Å². The van der Waals surface area contributed by atoms with Gasteiger partial charge < -0.3 is 4.90 Å². The largest absolute Gasteiger partial charge is 0.320 e. The van der Waals surface area contributed by atoms with Crippen LogP contribution in [0.3, 0.4) is 0 Å². The molecule has 0 atom stereocenters. The Bertz CT molecular complexity index is 1090. The molecule has 144 valence electrons. The lowest BCUT2D eigenvalue weighted by atomic mass is 10.2. The van der Waals surface area contributed by atoms with Crippen molar-refractivity contribution in [2.24, 2.45) is 0 Å². The van der Waals surface area contributed by atoms with Crippen LogP contribution in [0.15, 0.2) is 72.0 Å². The van der Waals surface area contributed by atoms with E-state index in [4.69, 9.17) is 11.6 Å². The molecule has 8 heteroatoms. The molecule has 3 rings (SSSR count). The normalized spacial score (nSPS) is 11.8. The van der Waals surface area contributed by atoms with Gasteiger partial charge in [-0.3, -0.25) is 9.78 Å². The summed E-state index contributed by atoms with van der Waals surface area (Å²) < 4.78 is 27.9. The van der Waals surface area contributed by atoms with Gasteiger partial charge >= 0.3 is 0 Å². The van der Waals surface area contributed by atoms with E-state index >= 15 is 0 Å². The fraction of sp³-hybridized carbons (Fsp3) is 0.100. The number of carbonyl (C=O) groups is 1. The molecule has 0 saturated carbocycles. The van der Waals surface area contributed by atoms with Crippen molar-refractivity contribution < 1.29 is 13.2 Å². The second-order valence-electron chi connectivity index (χ2n) is 5.96. The van der Waals surface area contributed by atoms with Crippen molar-refractivity contribution in [1.29, 1.82) is 0 Å². The van der Waals surface area contributed by atoms with Crippen LogP contribution in [0.25, 0.3) is 16.8 Å². The van der Waals surface area contributed by atoms with Crippen LogP contribution >= 0.6 is 11.6 Å². The van der Waals surface area contributed by atoms with Gasteiger partial charge in [0, 0.05) is 47.5 Å². The van der Waals surface area contributed by atoms with Crippen molar-refractivity contribution in [2.75, 3.05) is 13.1 Å². The van der Waals surface area contributed by atoms with E-state index in [1.165, 1.54) is 4.90 Å². The first-order valence-electron chi connectivity index (χ1n) is 8.47. The lowest BCUT2D eigenvalue weighted by Crippen LogP contribution is -2.32. The van der Waals surface area contributed by atoms with Crippen LogP contribution < -0.4 is 4.72 Å².